The lowest BCUT2D eigenvalue weighted by atomic mass is 10.1. The zero-order chi connectivity index (χ0) is 10.6. The van der Waals surface area contributed by atoms with Gasteiger partial charge in [0.15, 0.2) is 0 Å². The van der Waals surface area contributed by atoms with Crippen LogP contribution >= 0.6 is 0 Å². The summed E-state index contributed by atoms with van der Waals surface area (Å²) in [5.41, 5.74) is 0. The van der Waals surface area contributed by atoms with Crippen LogP contribution in [0.3, 0.4) is 0 Å². The van der Waals surface area contributed by atoms with Gasteiger partial charge in [0.25, 0.3) is 0 Å². The molecule has 0 aromatic carbocycles. The minimum absolute atomic E-state index is 0.0333. The smallest absolute Gasteiger partial charge is 0.239 e. The molecule has 0 spiro atoms. The van der Waals surface area contributed by atoms with Gasteiger partial charge in [0, 0.05) is 35.9 Å². The largest absolute Gasteiger partial charge is 0.340 e. The minimum Gasteiger partial charge on any atom is -0.340 e. The summed E-state index contributed by atoms with van der Waals surface area (Å²) >= 11 is 0. The van der Waals surface area contributed by atoms with Crippen LogP contribution in [-0.2, 0) is 15.6 Å². The van der Waals surface area contributed by atoms with E-state index in [-0.39, 0.29) is 11.9 Å². The summed E-state index contributed by atoms with van der Waals surface area (Å²) in [6, 6.07) is -0.0333. The van der Waals surface area contributed by atoms with Crippen molar-refractivity contribution in [1.82, 2.24) is 10.2 Å². The normalized spacial score (nSPS) is 25.1. The Hall–Kier alpha value is -0.420. The first kappa shape index (κ1) is 11.7. The van der Waals surface area contributed by atoms with E-state index in [4.69, 9.17) is 0 Å². The predicted octanol–water partition coefficient (Wildman–Crippen LogP) is -0.425. The monoisotopic (exact) mass is 218 g/mol. The van der Waals surface area contributed by atoms with Crippen LogP contribution in [0.4, 0.5) is 0 Å². The zero-order valence-electron chi connectivity index (χ0n) is 8.78. The molecule has 2 unspecified atom stereocenters. The van der Waals surface area contributed by atoms with Gasteiger partial charge >= 0.3 is 0 Å². The van der Waals surface area contributed by atoms with Crippen molar-refractivity contribution in [2.75, 3.05) is 32.1 Å². The molecule has 14 heavy (non-hydrogen) atoms. The van der Waals surface area contributed by atoms with Crippen LogP contribution in [-0.4, -0.2) is 53.2 Å². The lowest BCUT2D eigenvalue weighted by Gasteiger charge is -2.31. The second kappa shape index (κ2) is 5.46. The molecule has 4 nitrogen and oxygen atoms in total. The van der Waals surface area contributed by atoms with E-state index in [0.29, 0.717) is 12.3 Å². The van der Waals surface area contributed by atoms with E-state index in [9.17, 15) is 9.00 Å². The molecule has 5 heteroatoms. The van der Waals surface area contributed by atoms with Gasteiger partial charge in [-0.3, -0.25) is 9.00 Å². The van der Waals surface area contributed by atoms with Gasteiger partial charge in [-0.05, 0) is 19.9 Å². The van der Waals surface area contributed by atoms with Crippen molar-refractivity contribution in [2.24, 2.45) is 0 Å². The Bertz CT molecular complexity index is 233. The van der Waals surface area contributed by atoms with Crippen molar-refractivity contribution in [3.05, 3.63) is 0 Å². The van der Waals surface area contributed by atoms with E-state index in [0.717, 1.165) is 19.4 Å². The Morgan fingerprint density at radius 1 is 1.64 bits per heavy atom. The summed E-state index contributed by atoms with van der Waals surface area (Å²) in [7, 11) is 1.000. The molecule has 0 radical (unpaired) electrons. The Kier molecular flexibility index (Phi) is 4.54. The molecule has 0 saturated carbocycles. The van der Waals surface area contributed by atoms with E-state index in [2.05, 4.69) is 5.32 Å². The zero-order valence-corrected chi connectivity index (χ0v) is 9.60. The maximum absolute atomic E-state index is 11.7. The third kappa shape index (κ3) is 3.06. The number of hydrogen-bond acceptors (Lipinski definition) is 3. The second-order valence-corrected chi connectivity index (χ2v) is 5.14. The van der Waals surface area contributed by atoms with Crippen molar-refractivity contribution in [2.45, 2.75) is 18.9 Å². The Morgan fingerprint density at radius 3 is 2.93 bits per heavy atom. The quantitative estimate of drug-likeness (QED) is 0.697. The summed E-state index contributed by atoms with van der Waals surface area (Å²) in [5.74, 6) is 0.742. The first-order chi connectivity index (χ1) is 6.65. The number of amides is 1. The van der Waals surface area contributed by atoms with Crippen molar-refractivity contribution in [1.29, 1.82) is 0 Å². The predicted molar refractivity (Wildman–Crippen MR) is 57.6 cm³/mol. The molecule has 1 saturated heterocycles. The van der Waals surface area contributed by atoms with Gasteiger partial charge in [0.05, 0.1) is 6.04 Å². The first-order valence-electron chi connectivity index (χ1n) is 4.91. The van der Waals surface area contributed by atoms with Crippen molar-refractivity contribution in [3.63, 3.8) is 0 Å². The summed E-state index contributed by atoms with van der Waals surface area (Å²) in [6.07, 6.45) is 3.62. The van der Waals surface area contributed by atoms with Gasteiger partial charge < -0.3 is 10.2 Å². The second-order valence-electron chi connectivity index (χ2n) is 3.59. The molecule has 0 aromatic rings. The lowest BCUT2D eigenvalue weighted by molar-refractivity contribution is -0.135. The van der Waals surface area contributed by atoms with Crippen LogP contribution in [0.25, 0.3) is 0 Å². The van der Waals surface area contributed by atoms with E-state index in [1.807, 2.05) is 11.9 Å². The van der Waals surface area contributed by atoms with Gasteiger partial charge in [-0.2, -0.15) is 0 Å². The van der Waals surface area contributed by atoms with Crippen LogP contribution in [0.15, 0.2) is 0 Å². The van der Waals surface area contributed by atoms with E-state index in [1.54, 1.807) is 6.26 Å². The maximum atomic E-state index is 11.7. The van der Waals surface area contributed by atoms with Gasteiger partial charge in [0.2, 0.25) is 5.91 Å². The number of likely N-dealkylation sites (N-methyl/N-ethyl adjacent to an activating group) is 1. The molecule has 1 aliphatic heterocycles. The number of rotatable bonds is 4. The summed E-state index contributed by atoms with van der Waals surface area (Å²) in [4.78, 5) is 13.5. The van der Waals surface area contributed by atoms with Gasteiger partial charge in [-0.25, -0.2) is 0 Å². The molecule has 1 amide bonds. The topological polar surface area (TPSA) is 49.4 Å². The highest BCUT2D eigenvalue weighted by Gasteiger charge is 2.26. The summed E-state index contributed by atoms with van der Waals surface area (Å²) in [6.45, 7) is 1.44. The van der Waals surface area contributed by atoms with Crippen LogP contribution in [0.2, 0.25) is 0 Å². The summed E-state index contributed by atoms with van der Waals surface area (Å²) in [5, 5.41) is 3.00. The first-order valence-corrected chi connectivity index (χ1v) is 6.64. The fourth-order valence-corrected chi connectivity index (χ4v) is 2.15. The fourth-order valence-electron chi connectivity index (χ4n) is 1.67. The third-order valence-corrected chi connectivity index (χ3v) is 3.29. The van der Waals surface area contributed by atoms with Gasteiger partial charge in [0.1, 0.15) is 0 Å². The van der Waals surface area contributed by atoms with E-state index in [1.165, 1.54) is 0 Å². The third-order valence-electron chi connectivity index (χ3n) is 2.53. The van der Waals surface area contributed by atoms with Crippen molar-refractivity contribution < 1.29 is 9.00 Å². The number of nitrogens with one attached hydrogen (secondary N) is 1. The average Bonchev–Trinajstić information content (AvgIpc) is 2.16. The number of hydrogen-bond donors (Lipinski definition) is 1. The van der Waals surface area contributed by atoms with Crippen LogP contribution in [0.5, 0.6) is 0 Å². The molecule has 1 fully saturated rings. The average molecular weight is 218 g/mol. The molecule has 1 aliphatic rings. The molecule has 0 aliphatic carbocycles. The van der Waals surface area contributed by atoms with Crippen molar-refractivity contribution in [3.8, 4) is 0 Å². The number of carbonyl (C=O) groups is 1. The standard InChI is InChI=1S/C9H18N2O2S/c1-10-8-4-3-5-11(9(8)12)6-7-14(2)13/h8,10H,3-7H2,1-2H3. The molecule has 1 N–H and O–H groups in total. The number of carbonyl (C=O) groups excluding carboxylic acids is 1. The molecular formula is C9H18N2O2S. The Labute approximate surface area is 87.5 Å². The lowest BCUT2D eigenvalue weighted by Crippen LogP contribution is -2.50. The number of piperidine rings is 1. The number of nitrogens with zero attached hydrogens (tertiary/aromatic N) is 1. The van der Waals surface area contributed by atoms with Gasteiger partial charge in [-0.15, -0.1) is 0 Å². The Morgan fingerprint density at radius 2 is 2.36 bits per heavy atom. The minimum atomic E-state index is -0.810. The van der Waals surface area contributed by atoms with Gasteiger partial charge in [-0.1, -0.05) is 0 Å². The fraction of sp³-hybridized carbons (Fsp3) is 0.889. The Balaban J connectivity index is 2.43. The van der Waals surface area contributed by atoms with E-state index >= 15 is 0 Å². The highest BCUT2D eigenvalue weighted by atomic mass is 32.2. The van der Waals surface area contributed by atoms with Crippen LogP contribution < -0.4 is 5.32 Å². The highest BCUT2D eigenvalue weighted by molar-refractivity contribution is 7.84. The van der Waals surface area contributed by atoms with Crippen LogP contribution in [0.1, 0.15) is 12.8 Å². The highest BCUT2D eigenvalue weighted by Crippen LogP contribution is 2.10. The number of likely N-dealkylation sites (tertiary alicyclic amines) is 1. The maximum Gasteiger partial charge on any atom is 0.239 e. The molecule has 0 aromatic heterocycles. The molecule has 1 heterocycles. The summed E-state index contributed by atoms with van der Waals surface area (Å²) < 4.78 is 10.9. The molecule has 2 atom stereocenters. The SMILES string of the molecule is CNC1CCCN(CCS(C)=O)C1=O. The molecular weight excluding hydrogens is 200 g/mol. The van der Waals surface area contributed by atoms with Crippen LogP contribution in [0, 0.1) is 0 Å². The molecule has 1 rings (SSSR count). The van der Waals surface area contributed by atoms with E-state index < -0.39 is 10.8 Å². The van der Waals surface area contributed by atoms with Crippen molar-refractivity contribution >= 4 is 16.7 Å². The molecule has 0 bridgehead atoms. The molecule has 82 valence electrons.